The topological polar surface area (TPSA) is 52.6 Å². The number of carbonyl (C=O) groups is 2. The fourth-order valence-electron chi connectivity index (χ4n) is 2.62. The van der Waals surface area contributed by atoms with Crippen LogP contribution in [-0.4, -0.2) is 25.2 Å². The number of rotatable bonds is 13. The van der Waals surface area contributed by atoms with Gasteiger partial charge >= 0.3 is 11.9 Å². The van der Waals surface area contributed by atoms with E-state index in [1.165, 1.54) is 5.56 Å². The van der Waals surface area contributed by atoms with Crippen LogP contribution in [-0.2, 0) is 19.1 Å². The predicted octanol–water partition coefficient (Wildman–Crippen LogP) is 6.50. The number of hydrogen-bond donors (Lipinski definition) is 0. The van der Waals surface area contributed by atoms with Crippen LogP contribution in [0.15, 0.2) is 30.3 Å². The standard InChI is InChI=1S/C18H34O4.C7H8/c1-5-7-9-13-21-17(19)16(12-11-15(3)4)18(20)22-14-10-8-6-2;1-7-5-3-2-4-6-7/h15-16H,5-14H2,1-4H3;2-6H,1H3. The zero-order chi connectivity index (χ0) is 21.9. The van der Waals surface area contributed by atoms with Crippen molar-refractivity contribution in [1.29, 1.82) is 0 Å². The first-order valence-corrected chi connectivity index (χ1v) is 11.3. The smallest absolute Gasteiger partial charge is 0.320 e. The normalized spacial score (nSPS) is 10.4. The van der Waals surface area contributed by atoms with Gasteiger partial charge in [-0.05, 0) is 38.5 Å². The molecule has 0 N–H and O–H groups in total. The van der Waals surface area contributed by atoms with Gasteiger partial charge in [-0.25, -0.2) is 0 Å². The van der Waals surface area contributed by atoms with E-state index in [0.29, 0.717) is 25.6 Å². The summed E-state index contributed by atoms with van der Waals surface area (Å²) in [6.07, 6.45) is 7.25. The van der Waals surface area contributed by atoms with E-state index in [1.54, 1.807) is 0 Å². The lowest BCUT2D eigenvalue weighted by Gasteiger charge is -2.16. The molecule has 0 aliphatic rings. The van der Waals surface area contributed by atoms with Crippen LogP contribution in [0.1, 0.15) is 84.6 Å². The Kier molecular flexibility index (Phi) is 17.1. The molecule has 0 radical (unpaired) electrons. The summed E-state index contributed by atoms with van der Waals surface area (Å²) in [5.74, 6) is -1.15. The first-order valence-electron chi connectivity index (χ1n) is 11.3. The van der Waals surface area contributed by atoms with E-state index < -0.39 is 17.9 Å². The Morgan fingerprint density at radius 2 is 1.28 bits per heavy atom. The third-order valence-electron chi connectivity index (χ3n) is 4.53. The van der Waals surface area contributed by atoms with E-state index in [-0.39, 0.29) is 0 Å². The van der Waals surface area contributed by atoms with E-state index >= 15 is 0 Å². The second-order valence-corrected chi connectivity index (χ2v) is 7.93. The van der Waals surface area contributed by atoms with E-state index in [2.05, 4.69) is 46.8 Å². The summed E-state index contributed by atoms with van der Waals surface area (Å²) in [4.78, 5) is 24.3. The van der Waals surface area contributed by atoms with Gasteiger partial charge in [0.15, 0.2) is 5.92 Å². The van der Waals surface area contributed by atoms with Crippen molar-refractivity contribution in [3.63, 3.8) is 0 Å². The molecule has 4 heteroatoms. The van der Waals surface area contributed by atoms with Crippen LogP contribution in [0.2, 0.25) is 0 Å². The molecule has 0 atom stereocenters. The molecule has 0 heterocycles. The summed E-state index contributed by atoms with van der Waals surface area (Å²) in [7, 11) is 0. The summed E-state index contributed by atoms with van der Waals surface area (Å²) >= 11 is 0. The lowest BCUT2D eigenvalue weighted by molar-refractivity contribution is -0.162. The molecule has 0 spiro atoms. The molecular formula is C25H42O4. The molecule has 166 valence electrons. The molecule has 4 nitrogen and oxygen atoms in total. The van der Waals surface area contributed by atoms with Crippen molar-refractivity contribution in [1.82, 2.24) is 0 Å². The van der Waals surface area contributed by atoms with Crippen LogP contribution in [0.5, 0.6) is 0 Å². The zero-order valence-corrected chi connectivity index (χ0v) is 19.2. The fourth-order valence-corrected chi connectivity index (χ4v) is 2.62. The summed E-state index contributed by atoms with van der Waals surface area (Å²) in [5, 5.41) is 0. The maximum Gasteiger partial charge on any atom is 0.320 e. The van der Waals surface area contributed by atoms with Crippen LogP contribution in [0, 0.1) is 18.8 Å². The molecule has 0 saturated heterocycles. The maximum absolute atomic E-state index is 12.1. The first kappa shape index (κ1) is 27.2. The van der Waals surface area contributed by atoms with E-state index in [9.17, 15) is 9.59 Å². The molecule has 0 aliphatic heterocycles. The van der Waals surface area contributed by atoms with Crippen molar-refractivity contribution in [2.75, 3.05) is 13.2 Å². The number of carbonyl (C=O) groups excluding carboxylic acids is 2. The van der Waals surface area contributed by atoms with E-state index in [1.807, 2.05) is 18.2 Å². The van der Waals surface area contributed by atoms with Crippen molar-refractivity contribution >= 4 is 11.9 Å². The van der Waals surface area contributed by atoms with Crippen LogP contribution in [0.4, 0.5) is 0 Å². The third kappa shape index (κ3) is 15.7. The average Bonchev–Trinajstić information content (AvgIpc) is 2.69. The van der Waals surface area contributed by atoms with Crippen LogP contribution < -0.4 is 0 Å². The van der Waals surface area contributed by atoms with Gasteiger partial charge in [-0.2, -0.15) is 0 Å². The monoisotopic (exact) mass is 406 g/mol. The van der Waals surface area contributed by atoms with Crippen molar-refractivity contribution in [2.45, 2.75) is 86.0 Å². The second-order valence-electron chi connectivity index (χ2n) is 7.93. The Morgan fingerprint density at radius 1 is 0.793 bits per heavy atom. The summed E-state index contributed by atoms with van der Waals surface area (Å²) in [6, 6.07) is 10.3. The van der Waals surface area contributed by atoms with Crippen LogP contribution in [0.3, 0.4) is 0 Å². The lowest BCUT2D eigenvalue weighted by atomic mass is 9.98. The number of unbranched alkanes of at least 4 members (excludes halogenated alkanes) is 4. The number of ether oxygens (including phenoxy) is 2. The highest BCUT2D eigenvalue weighted by Crippen LogP contribution is 2.16. The first-order chi connectivity index (χ1) is 13.9. The van der Waals surface area contributed by atoms with Crippen molar-refractivity contribution < 1.29 is 19.1 Å². The number of hydrogen-bond acceptors (Lipinski definition) is 4. The second kappa shape index (κ2) is 18.2. The fraction of sp³-hybridized carbons (Fsp3) is 0.680. The van der Waals surface area contributed by atoms with Gasteiger partial charge in [-0.3, -0.25) is 9.59 Å². The van der Waals surface area contributed by atoms with Gasteiger partial charge in [0.1, 0.15) is 0 Å². The molecule has 1 rings (SSSR count). The Morgan fingerprint density at radius 3 is 1.62 bits per heavy atom. The average molecular weight is 407 g/mol. The van der Waals surface area contributed by atoms with E-state index in [0.717, 1.165) is 44.9 Å². The molecule has 0 bridgehead atoms. The molecule has 1 aromatic rings. The summed E-state index contributed by atoms with van der Waals surface area (Å²) in [5.41, 5.74) is 1.32. The minimum Gasteiger partial charge on any atom is -0.465 e. The van der Waals surface area contributed by atoms with E-state index in [4.69, 9.17) is 9.47 Å². The van der Waals surface area contributed by atoms with Crippen molar-refractivity contribution in [3.8, 4) is 0 Å². The van der Waals surface area contributed by atoms with Crippen LogP contribution in [0.25, 0.3) is 0 Å². The Bertz CT molecular complexity index is 501. The number of benzene rings is 1. The molecule has 1 aromatic carbocycles. The highest BCUT2D eigenvalue weighted by atomic mass is 16.6. The molecule has 0 unspecified atom stereocenters. The highest BCUT2D eigenvalue weighted by molar-refractivity contribution is 5.94. The van der Waals surface area contributed by atoms with Gasteiger partial charge in [-0.1, -0.05) is 89.3 Å². The molecule has 0 amide bonds. The quantitative estimate of drug-likeness (QED) is 0.213. The molecule has 0 fully saturated rings. The Hall–Kier alpha value is -1.84. The maximum atomic E-state index is 12.1. The third-order valence-corrected chi connectivity index (χ3v) is 4.53. The molecule has 0 aliphatic carbocycles. The highest BCUT2D eigenvalue weighted by Gasteiger charge is 2.29. The van der Waals surface area contributed by atoms with Gasteiger partial charge in [0.25, 0.3) is 0 Å². The SMILES string of the molecule is CCCCCOC(=O)C(CCC(C)C)C(=O)OCCCCC.Cc1ccccc1. The summed E-state index contributed by atoms with van der Waals surface area (Å²) in [6.45, 7) is 11.2. The Labute approximate surface area is 178 Å². The number of aryl methyl sites for hydroxylation is 1. The van der Waals surface area contributed by atoms with Gasteiger partial charge in [0.05, 0.1) is 13.2 Å². The van der Waals surface area contributed by atoms with Gasteiger partial charge in [-0.15, -0.1) is 0 Å². The largest absolute Gasteiger partial charge is 0.465 e. The predicted molar refractivity (Wildman–Crippen MR) is 120 cm³/mol. The minimum atomic E-state index is -0.759. The van der Waals surface area contributed by atoms with Crippen molar-refractivity contribution in [3.05, 3.63) is 35.9 Å². The Balaban J connectivity index is 0.000000929. The molecule has 29 heavy (non-hydrogen) atoms. The zero-order valence-electron chi connectivity index (χ0n) is 19.2. The number of esters is 2. The minimum absolute atomic E-state index is 0.397. The van der Waals surface area contributed by atoms with Crippen molar-refractivity contribution in [2.24, 2.45) is 11.8 Å². The van der Waals surface area contributed by atoms with Gasteiger partial charge in [0.2, 0.25) is 0 Å². The molecular weight excluding hydrogens is 364 g/mol. The molecule has 0 saturated carbocycles. The summed E-state index contributed by atoms with van der Waals surface area (Å²) < 4.78 is 10.5. The van der Waals surface area contributed by atoms with Gasteiger partial charge < -0.3 is 9.47 Å². The van der Waals surface area contributed by atoms with Crippen LogP contribution >= 0.6 is 0 Å². The molecule has 0 aromatic heterocycles. The van der Waals surface area contributed by atoms with Gasteiger partial charge in [0, 0.05) is 0 Å². The lowest BCUT2D eigenvalue weighted by Crippen LogP contribution is -2.29.